The fraction of sp³-hybridized carbons (Fsp3) is 0.364. The van der Waals surface area contributed by atoms with Gasteiger partial charge in [0.2, 0.25) is 5.89 Å². The van der Waals surface area contributed by atoms with Crippen LogP contribution in [0.5, 0.6) is 0 Å². The van der Waals surface area contributed by atoms with Gasteiger partial charge in [0.1, 0.15) is 17.4 Å². The molecule has 2 aromatic heterocycles. The zero-order chi connectivity index (χ0) is 34.7. The Hall–Kier alpha value is -4.98. The number of Topliss-reactive ketones (excluding diaryl/α,β-unsaturated/α-hetero) is 1. The third kappa shape index (κ3) is 7.71. The molecule has 4 aromatic rings. The molecule has 0 aliphatic rings. The van der Waals surface area contributed by atoms with Crippen molar-refractivity contribution in [2.24, 2.45) is 5.92 Å². The molecular formula is C33H38N4O9S. The lowest BCUT2D eigenvalue weighted by molar-refractivity contribution is -0.144. The maximum absolute atomic E-state index is 14.0. The van der Waals surface area contributed by atoms with E-state index in [-0.39, 0.29) is 51.2 Å². The zero-order valence-corrected chi connectivity index (χ0v) is 28.0. The van der Waals surface area contributed by atoms with Gasteiger partial charge in [-0.05, 0) is 58.7 Å². The highest BCUT2D eigenvalue weighted by Crippen LogP contribution is 2.28. The standard InChI is InChI=1S/C33H38N4O9S/c1-8-44-31(40)27(34-29(39)26-20(4)45-30(35-26)25(19(2)3)36-32(41)46-33(5,6)7)28(38)23-18-37(24-17-13-12-16-22(23)24)47(42,43)21-14-10-9-11-15-21/h9-19,25,27H,8H2,1-7H3,(H,34,39)(H,36,41)/t25-,27?/m0/s1. The second-order valence-electron chi connectivity index (χ2n) is 12.0. The average Bonchev–Trinajstić information content (AvgIpc) is 3.59. The highest BCUT2D eigenvalue weighted by Gasteiger charge is 2.36. The monoisotopic (exact) mass is 666 g/mol. The number of carbonyl (C=O) groups excluding carboxylic acids is 4. The Balaban J connectivity index is 1.69. The van der Waals surface area contributed by atoms with Crippen LogP contribution >= 0.6 is 0 Å². The molecule has 0 spiro atoms. The first-order valence-electron chi connectivity index (χ1n) is 14.9. The largest absolute Gasteiger partial charge is 0.464 e. The summed E-state index contributed by atoms with van der Waals surface area (Å²) in [5.74, 6) is -3.03. The van der Waals surface area contributed by atoms with Gasteiger partial charge in [0.15, 0.2) is 17.5 Å². The molecule has 0 saturated carbocycles. The first-order chi connectivity index (χ1) is 22.0. The number of fused-ring (bicyclic) bond motifs is 1. The molecule has 4 rings (SSSR count). The van der Waals surface area contributed by atoms with Gasteiger partial charge in [0.25, 0.3) is 15.9 Å². The lowest BCUT2D eigenvalue weighted by Crippen LogP contribution is -2.47. The number of ketones is 1. The number of hydrogen-bond donors (Lipinski definition) is 2. The minimum atomic E-state index is -4.14. The van der Waals surface area contributed by atoms with Crippen molar-refractivity contribution >= 4 is 44.7 Å². The van der Waals surface area contributed by atoms with E-state index in [1.54, 1.807) is 57.2 Å². The first kappa shape index (κ1) is 34.9. The Morgan fingerprint density at radius 3 is 2.23 bits per heavy atom. The van der Waals surface area contributed by atoms with Gasteiger partial charge in [0, 0.05) is 17.1 Å². The van der Waals surface area contributed by atoms with Crippen molar-refractivity contribution in [1.29, 1.82) is 0 Å². The molecule has 2 aromatic carbocycles. The fourth-order valence-corrected chi connectivity index (χ4v) is 6.16. The first-order valence-corrected chi connectivity index (χ1v) is 16.4. The molecule has 47 heavy (non-hydrogen) atoms. The molecule has 2 heterocycles. The smallest absolute Gasteiger partial charge is 0.408 e. The number of para-hydroxylation sites is 1. The van der Waals surface area contributed by atoms with Crippen LogP contribution in [0.2, 0.25) is 0 Å². The number of aryl methyl sites for hydroxylation is 1. The molecule has 14 heteroatoms. The number of amides is 2. The lowest BCUT2D eigenvalue weighted by Gasteiger charge is -2.24. The number of esters is 1. The van der Waals surface area contributed by atoms with Gasteiger partial charge in [-0.15, -0.1) is 0 Å². The van der Waals surface area contributed by atoms with Crippen LogP contribution in [0.25, 0.3) is 10.9 Å². The molecule has 0 aliphatic heterocycles. The molecule has 1 unspecified atom stereocenters. The summed E-state index contributed by atoms with van der Waals surface area (Å²) in [6.07, 6.45) is 0.419. The minimum Gasteiger partial charge on any atom is -0.464 e. The van der Waals surface area contributed by atoms with Crippen molar-refractivity contribution in [3.05, 3.63) is 83.7 Å². The number of rotatable bonds is 11. The van der Waals surface area contributed by atoms with E-state index in [1.807, 2.05) is 13.8 Å². The predicted molar refractivity (Wildman–Crippen MR) is 171 cm³/mol. The van der Waals surface area contributed by atoms with E-state index < -0.39 is 51.5 Å². The van der Waals surface area contributed by atoms with Gasteiger partial charge in [0.05, 0.1) is 17.0 Å². The van der Waals surface area contributed by atoms with Gasteiger partial charge in [-0.3, -0.25) is 9.59 Å². The molecular weight excluding hydrogens is 628 g/mol. The molecule has 250 valence electrons. The molecule has 2 amide bonds. The number of alkyl carbamates (subject to hydrolysis) is 1. The third-order valence-corrected chi connectivity index (χ3v) is 8.62. The number of carbonyl (C=O) groups is 4. The SMILES string of the molecule is CCOC(=O)C(NC(=O)c1nc([C@@H](NC(=O)OC(C)(C)C)C(C)C)oc1C)C(=O)c1cn(S(=O)(=O)c2ccccc2)c2ccccc12. The van der Waals surface area contributed by atoms with E-state index in [1.165, 1.54) is 32.0 Å². The Bertz CT molecular complexity index is 1900. The van der Waals surface area contributed by atoms with E-state index in [2.05, 4.69) is 15.6 Å². The topological polar surface area (TPSA) is 176 Å². The molecule has 0 bridgehead atoms. The Kier molecular flexibility index (Phi) is 10.2. The summed E-state index contributed by atoms with van der Waals surface area (Å²) in [6.45, 7) is 11.7. The number of nitrogens with zero attached hydrogens (tertiary/aromatic N) is 2. The van der Waals surface area contributed by atoms with Crippen molar-refractivity contribution in [2.75, 3.05) is 6.61 Å². The summed E-state index contributed by atoms with van der Waals surface area (Å²) < 4.78 is 44.3. The van der Waals surface area contributed by atoms with E-state index in [4.69, 9.17) is 13.9 Å². The van der Waals surface area contributed by atoms with Crippen LogP contribution in [-0.2, 0) is 24.3 Å². The van der Waals surface area contributed by atoms with Crippen LogP contribution in [0.15, 0.2) is 70.1 Å². The van der Waals surface area contributed by atoms with Crippen molar-refractivity contribution in [3.63, 3.8) is 0 Å². The normalized spacial score (nSPS) is 13.2. The van der Waals surface area contributed by atoms with Crippen LogP contribution in [0.3, 0.4) is 0 Å². The Morgan fingerprint density at radius 1 is 0.979 bits per heavy atom. The van der Waals surface area contributed by atoms with Crippen LogP contribution in [-0.4, -0.2) is 59.4 Å². The molecule has 2 N–H and O–H groups in total. The predicted octanol–water partition coefficient (Wildman–Crippen LogP) is 4.94. The van der Waals surface area contributed by atoms with Crippen molar-refractivity contribution in [3.8, 4) is 0 Å². The van der Waals surface area contributed by atoms with Crippen LogP contribution < -0.4 is 10.6 Å². The number of aromatic nitrogens is 2. The zero-order valence-electron chi connectivity index (χ0n) is 27.2. The molecule has 13 nitrogen and oxygen atoms in total. The van der Waals surface area contributed by atoms with Gasteiger partial charge >= 0.3 is 12.1 Å². The van der Waals surface area contributed by atoms with E-state index in [0.717, 1.165) is 10.2 Å². The van der Waals surface area contributed by atoms with Crippen molar-refractivity contribution in [1.82, 2.24) is 19.6 Å². The Morgan fingerprint density at radius 2 is 1.62 bits per heavy atom. The fourth-order valence-electron chi connectivity index (χ4n) is 4.77. The highest BCUT2D eigenvalue weighted by molar-refractivity contribution is 7.90. The quantitative estimate of drug-likeness (QED) is 0.127. The molecule has 0 saturated heterocycles. The van der Waals surface area contributed by atoms with Gasteiger partial charge in [-0.2, -0.15) is 0 Å². The van der Waals surface area contributed by atoms with Gasteiger partial charge in [-0.1, -0.05) is 50.2 Å². The molecule has 2 atom stereocenters. The number of nitrogens with one attached hydrogen (secondary N) is 2. The molecule has 0 radical (unpaired) electrons. The number of oxazole rings is 1. The summed E-state index contributed by atoms with van der Waals surface area (Å²) in [7, 11) is -4.14. The van der Waals surface area contributed by atoms with Gasteiger partial charge in [-0.25, -0.2) is 27.0 Å². The van der Waals surface area contributed by atoms with E-state index in [9.17, 15) is 27.6 Å². The van der Waals surface area contributed by atoms with E-state index >= 15 is 0 Å². The van der Waals surface area contributed by atoms with Gasteiger partial charge < -0.3 is 24.5 Å². The minimum absolute atomic E-state index is 0.00632. The molecule has 0 aliphatic carbocycles. The average molecular weight is 667 g/mol. The number of ether oxygens (including phenoxy) is 2. The maximum atomic E-state index is 14.0. The third-order valence-electron chi connectivity index (χ3n) is 6.94. The summed E-state index contributed by atoms with van der Waals surface area (Å²) in [5, 5.41) is 5.34. The van der Waals surface area contributed by atoms with Crippen LogP contribution in [0, 0.1) is 12.8 Å². The highest BCUT2D eigenvalue weighted by atomic mass is 32.2. The van der Waals surface area contributed by atoms with E-state index in [0.29, 0.717) is 0 Å². The second-order valence-corrected chi connectivity index (χ2v) is 13.8. The lowest BCUT2D eigenvalue weighted by atomic mass is 10.0. The summed E-state index contributed by atoms with van der Waals surface area (Å²) >= 11 is 0. The number of hydrogen-bond acceptors (Lipinski definition) is 10. The van der Waals surface area contributed by atoms with Crippen molar-refractivity contribution in [2.45, 2.75) is 71.0 Å². The van der Waals surface area contributed by atoms with Crippen LogP contribution in [0.1, 0.15) is 80.1 Å². The van der Waals surface area contributed by atoms with Crippen LogP contribution in [0.4, 0.5) is 4.79 Å². The second kappa shape index (κ2) is 13.8. The molecule has 0 fully saturated rings. The number of benzene rings is 2. The summed E-state index contributed by atoms with van der Waals surface area (Å²) in [4.78, 5) is 57.5. The maximum Gasteiger partial charge on any atom is 0.408 e. The Labute approximate surface area is 272 Å². The summed E-state index contributed by atoms with van der Waals surface area (Å²) in [5.41, 5.74) is -0.913. The van der Waals surface area contributed by atoms with Crippen molar-refractivity contribution < 1.29 is 41.5 Å². The summed E-state index contributed by atoms with van der Waals surface area (Å²) in [6, 6.07) is 11.3.